The fraction of sp³-hybridized carbons (Fsp3) is 0.762. The lowest BCUT2D eigenvalue weighted by Crippen LogP contribution is -2.41. The lowest BCUT2D eigenvalue weighted by atomic mass is 9.85. The Bertz CT molecular complexity index is 664. The maximum absolute atomic E-state index is 12.7. The van der Waals surface area contributed by atoms with Crippen LogP contribution in [-0.4, -0.2) is 41.3 Å². The van der Waals surface area contributed by atoms with Gasteiger partial charge in [0.25, 0.3) is 0 Å². The molecule has 1 atom stereocenters. The second kappa shape index (κ2) is 8.72. The van der Waals surface area contributed by atoms with Crippen LogP contribution in [0.1, 0.15) is 74.4 Å². The van der Waals surface area contributed by atoms with Gasteiger partial charge in [-0.2, -0.15) is 0 Å². The molecule has 2 aliphatic carbocycles. The number of carbonyl (C=O) groups excluding carboxylic acids is 2. The Morgan fingerprint density at radius 3 is 2.59 bits per heavy atom. The molecule has 148 valence electrons. The Balaban J connectivity index is 1.27. The molecule has 1 saturated heterocycles. The molecule has 2 amide bonds. The number of nitrogens with zero attached hydrogens (tertiary/aromatic N) is 2. The highest BCUT2D eigenvalue weighted by Crippen LogP contribution is 2.33. The third-order valence-corrected chi connectivity index (χ3v) is 7.57. The van der Waals surface area contributed by atoms with Gasteiger partial charge in [0.2, 0.25) is 11.8 Å². The van der Waals surface area contributed by atoms with Gasteiger partial charge in [-0.05, 0) is 38.5 Å². The highest BCUT2D eigenvalue weighted by Gasteiger charge is 2.32. The fourth-order valence-electron chi connectivity index (χ4n) is 4.56. The van der Waals surface area contributed by atoms with Crippen LogP contribution in [0, 0.1) is 11.8 Å². The highest BCUT2D eigenvalue weighted by atomic mass is 32.1. The summed E-state index contributed by atoms with van der Waals surface area (Å²) < 4.78 is 0. The molecule has 2 heterocycles. The number of nitrogens with one attached hydrogen (secondary N) is 1. The van der Waals surface area contributed by atoms with E-state index in [1.807, 2.05) is 0 Å². The second-order valence-electron chi connectivity index (χ2n) is 8.45. The van der Waals surface area contributed by atoms with Crippen LogP contribution < -0.4 is 5.32 Å². The molecule has 0 radical (unpaired) electrons. The van der Waals surface area contributed by atoms with E-state index in [0.29, 0.717) is 18.4 Å². The Kier molecular flexibility index (Phi) is 6.11. The molecule has 2 saturated carbocycles. The van der Waals surface area contributed by atoms with Crippen LogP contribution in [0.3, 0.4) is 0 Å². The molecule has 27 heavy (non-hydrogen) atoms. The number of likely N-dealkylation sites (tertiary alicyclic amines) is 1. The molecule has 0 spiro atoms. The summed E-state index contributed by atoms with van der Waals surface area (Å²) in [6, 6.07) is 0. The zero-order valence-electron chi connectivity index (χ0n) is 16.1. The zero-order chi connectivity index (χ0) is 18.6. The van der Waals surface area contributed by atoms with Crippen molar-refractivity contribution in [3.63, 3.8) is 0 Å². The predicted octanol–water partition coefficient (Wildman–Crippen LogP) is 3.50. The van der Waals surface area contributed by atoms with Crippen molar-refractivity contribution in [2.45, 2.75) is 70.1 Å². The van der Waals surface area contributed by atoms with E-state index in [-0.39, 0.29) is 17.7 Å². The molecule has 1 aromatic heterocycles. The van der Waals surface area contributed by atoms with Gasteiger partial charge in [0.15, 0.2) is 0 Å². The predicted molar refractivity (Wildman–Crippen MR) is 107 cm³/mol. The topological polar surface area (TPSA) is 62.3 Å². The number of amides is 2. The molecule has 6 heteroatoms. The number of piperidine rings is 1. The number of hydrogen-bond donors (Lipinski definition) is 1. The summed E-state index contributed by atoms with van der Waals surface area (Å²) >= 11 is 1.72. The van der Waals surface area contributed by atoms with Gasteiger partial charge in [-0.1, -0.05) is 19.3 Å². The summed E-state index contributed by atoms with van der Waals surface area (Å²) in [5.74, 6) is 1.50. The molecule has 3 aliphatic rings. The van der Waals surface area contributed by atoms with Crippen molar-refractivity contribution >= 4 is 23.2 Å². The van der Waals surface area contributed by atoms with Gasteiger partial charge in [0, 0.05) is 49.2 Å². The standard InChI is InChI=1S/C21H31N3O2S/c25-19(15-7-3-8-15)22-11-10-18-14-27-20(23-18)17-9-4-12-24(13-17)21(26)16-5-1-2-6-16/h14-17H,1-13H2,(H,22,25). The molecule has 1 N–H and O–H groups in total. The molecule has 0 bridgehead atoms. The first-order chi connectivity index (χ1) is 13.2. The van der Waals surface area contributed by atoms with Crippen molar-refractivity contribution in [2.24, 2.45) is 11.8 Å². The Morgan fingerprint density at radius 2 is 1.85 bits per heavy atom. The van der Waals surface area contributed by atoms with Crippen LogP contribution in [0.15, 0.2) is 5.38 Å². The van der Waals surface area contributed by atoms with Gasteiger partial charge < -0.3 is 10.2 Å². The Labute approximate surface area is 165 Å². The van der Waals surface area contributed by atoms with E-state index in [1.165, 1.54) is 24.3 Å². The average Bonchev–Trinajstić information content (AvgIpc) is 3.32. The first-order valence-corrected chi connectivity index (χ1v) is 11.6. The maximum atomic E-state index is 12.7. The molecule has 0 aromatic carbocycles. The van der Waals surface area contributed by atoms with E-state index >= 15 is 0 Å². The molecule has 1 aromatic rings. The summed E-state index contributed by atoms with van der Waals surface area (Å²) in [5.41, 5.74) is 1.07. The molecule has 3 fully saturated rings. The van der Waals surface area contributed by atoms with Crippen LogP contribution in [0.5, 0.6) is 0 Å². The number of thiazole rings is 1. The summed E-state index contributed by atoms with van der Waals surface area (Å²) in [6.45, 7) is 2.42. The van der Waals surface area contributed by atoms with Crippen molar-refractivity contribution in [1.82, 2.24) is 15.2 Å². The maximum Gasteiger partial charge on any atom is 0.225 e. The van der Waals surface area contributed by atoms with Crippen molar-refractivity contribution < 1.29 is 9.59 Å². The van der Waals surface area contributed by atoms with Gasteiger partial charge in [0.05, 0.1) is 10.7 Å². The van der Waals surface area contributed by atoms with Gasteiger partial charge in [-0.25, -0.2) is 4.98 Å². The summed E-state index contributed by atoms with van der Waals surface area (Å²) in [6.07, 6.45) is 10.9. The van der Waals surface area contributed by atoms with Gasteiger partial charge in [-0.3, -0.25) is 9.59 Å². The number of hydrogen-bond acceptors (Lipinski definition) is 4. The van der Waals surface area contributed by atoms with Crippen LogP contribution in [-0.2, 0) is 16.0 Å². The molecule has 5 nitrogen and oxygen atoms in total. The number of rotatable bonds is 6. The fourth-order valence-corrected chi connectivity index (χ4v) is 5.55. The summed E-state index contributed by atoms with van der Waals surface area (Å²) in [4.78, 5) is 31.6. The quantitative estimate of drug-likeness (QED) is 0.810. The molecule has 1 unspecified atom stereocenters. The van der Waals surface area contributed by atoms with Crippen molar-refractivity contribution in [3.05, 3.63) is 16.1 Å². The van der Waals surface area contributed by atoms with Crippen LogP contribution >= 0.6 is 11.3 Å². The van der Waals surface area contributed by atoms with E-state index in [4.69, 9.17) is 4.98 Å². The van der Waals surface area contributed by atoms with E-state index < -0.39 is 0 Å². The lowest BCUT2D eigenvalue weighted by Gasteiger charge is -2.33. The minimum absolute atomic E-state index is 0.213. The van der Waals surface area contributed by atoms with Crippen LogP contribution in [0.2, 0.25) is 0 Å². The number of carbonyl (C=O) groups is 2. The minimum atomic E-state index is 0.213. The Morgan fingerprint density at radius 1 is 1.07 bits per heavy atom. The van der Waals surface area contributed by atoms with Gasteiger partial charge >= 0.3 is 0 Å². The van der Waals surface area contributed by atoms with Crippen molar-refractivity contribution in [1.29, 1.82) is 0 Å². The lowest BCUT2D eigenvalue weighted by molar-refractivity contribution is -0.136. The molecular formula is C21H31N3O2S. The van der Waals surface area contributed by atoms with E-state index in [0.717, 1.165) is 63.7 Å². The third-order valence-electron chi connectivity index (χ3n) is 6.51. The second-order valence-corrected chi connectivity index (χ2v) is 9.34. The van der Waals surface area contributed by atoms with E-state index in [1.54, 1.807) is 11.3 Å². The van der Waals surface area contributed by atoms with Crippen LogP contribution in [0.4, 0.5) is 0 Å². The SMILES string of the molecule is O=C(NCCc1csc(C2CCCN(C(=O)C3CCCC3)C2)n1)C1CCC1. The van der Waals surface area contributed by atoms with E-state index in [9.17, 15) is 9.59 Å². The largest absolute Gasteiger partial charge is 0.355 e. The monoisotopic (exact) mass is 389 g/mol. The summed E-state index contributed by atoms with van der Waals surface area (Å²) in [5, 5.41) is 6.34. The van der Waals surface area contributed by atoms with Crippen LogP contribution in [0.25, 0.3) is 0 Å². The first kappa shape index (κ1) is 18.9. The highest BCUT2D eigenvalue weighted by molar-refractivity contribution is 7.09. The van der Waals surface area contributed by atoms with Crippen molar-refractivity contribution in [3.8, 4) is 0 Å². The molecule has 4 rings (SSSR count). The molecular weight excluding hydrogens is 358 g/mol. The normalized spacial score (nSPS) is 24.0. The average molecular weight is 390 g/mol. The third kappa shape index (κ3) is 4.53. The number of aromatic nitrogens is 1. The van der Waals surface area contributed by atoms with E-state index in [2.05, 4.69) is 15.6 Å². The van der Waals surface area contributed by atoms with Crippen molar-refractivity contribution in [2.75, 3.05) is 19.6 Å². The smallest absolute Gasteiger partial charge is 0.225 e. The molecule has 1 aliphatic heterocycles. The van der Waals surface area contributed by atoms with Gasteiger partial charge in [0.1, 0.15) is 0 Å². The minimum Gasteiger partial charge on any atom is -0.355 e. The summed E-state index contributed by atoms with van der Waals surface area (Å²) in [7, 11) is 0. The first-order valence-electron chi connectivity index (χ1n) is 10.7. The zero-order valence-corrected chi connectivity index (χ0v) is 16.9. The van der Waals surface area contributed by atoms with Gasteiger partial charge in [-0.15, -0.1) is 11.3 Å². The Hall–Kier alpha value is -1.43.